The molecule has 150 valence electrons. The molecule has 0 amide bonds. The van der Waals surface area contributed by atoms with Crippen molar-refractivity contribution in [3.05, 3.63) is 63.9 Å². The van der Waals surface area contributed by atoms with Crippen LogP contribution >= 0.6 is 12.6 Å². The van der Waals surface area contributed by atoms with Crippen molar-refractivity contribution >= 4 is 35.3 Å². The summed E-state index contributed by atoms with van der Waals surface area (Å²) in [5.41, 5.74) is 2.05. The molecule has 7 heteroatoms. The SMILES string of the molecule is O=c1[nH]c(O)c(C=Nc2ccc(CN3CCC(O)CC3)cc2)c2cc(S)ccc12. The number of aromatic hydroxyl groups is 1. The molecule has 0 atom stereocenters. The van der Waals surface area contributed by atoms with Gasteiger partial charge >= 0.3 is 0 Å². The third-order valence-corrected chi connectivity index (χ3v) is 5.55. The van der Waals surface area contributed by atoms with Crippen LogP contribution in [0, 0.1) is 0 Å². The molecule has 1 saturated heterocycles. The topological polar surface area (TPSA) is 88.9 Å². The molecule has 2 heterocycles. The highest BCUT2D eigenvalue weighted by molar-refractivity contribution is 7.80. The highest BCUT2D eigenvalue weighted by Gasteiger charge is 2.16. The maximum absolute atomic E-state index is 12.1. The summed E-state index contributed by atoms with van der Waals surface area (Å²) in [5, 5.41) is 20.9. The number of fused-ring (bicyclic) bond motifs is 1. The molecule has 0 saturated carbocycles. The van der Waals surface area contributed by atoms with Crippen LogP contribution in [0.15, 0.2) is 57.1 Å². The lowest BCUT2D eigenvalue weighted by atomic mass is 10.1. The molecule has 6 nitrogen and oxygen atoms in total. The molecule has 1 aliphatic rings. The minimum atomic E-state index is -0.349. The van der Waals surface area contributed by atoms with Gasteiger partial charge in [-0.15, -0.1) is 12.6 Å². The number of aromatic amines is 1. The van der Waals surface area contributed by atoms with Gasteiger partial charge in [-0.25, -0.2) is 0 Å². The number of likely N-dealkylation sites (tertiary alicyclic amines) is 1. The molecule has 0 aliphatic carbocycles. The summed E-state index contributed by atoms with van der Waals surface area (Å²) in [7, 11) is 0. The second kappa shape index (κ2) is 8.41. The number of aliphatic imine (C=N–C) groups is 1. The van der Waals surface area contributed by atoms with Gasteiger partial charge in [0.05, 0.1) is 17.4 Å². The Labute approximate surface area is 173 Å². The third-order valence-electron chi connectivity index (χ3n) is 5.27. The van der Waals surface area contributed by atoms with Crippen LogP contribution in [0.3, 0.4) is 0 Å². The summed E-state index contributed by atoms with van der Waals surface area (Å²) < 4.78 is 0. The first-order chi connectivity index (χ1) is 14.0. The van der Waals surface area contributed by atoms with Gasteiger partial charge in [0.2, 0.25) is 5.88 Å². The van der Waals surface area contributed by atoms with E-state index in [1.54, 1.807) is 24.4 Å². The first-order valence-electron chi connectivity index (χ1n) is 9.61. The lowest BCUT2D eigenvalue weighted by Gasteiger charge is -2.29. The van der Waals surface area contributed by atoms with E-state index < -0.39 is 0 Å². The van der Waals surface area contributed by atoms with E-state index in [0.717, 1.165) is 38.2 Å². The molecule has 1 aromatic heterocycles. The number of benzene rings is 2. The van der Waals surface area contributed by atoms with E-state index in [0.29, 0.717) is 21.2 Å². The van der Waals surface area contributed by atoms with Gasteiger partial charge < -0.3 is 10.2 Å². The largest absolute Gasteiger partial charge is 0.494 e. The van der Waals surface area contributed by atoms with Crippen molar-refractivity contribution in [3.63, 3.8) is 0 Å². The molecule has 1 aliphatic heterocycles. The van der Waals surface area contributed by atoms with E-state index in [1.807, 2.05) is 24.3 Å². The molecular weight excluding hydrogens is 386 g/mol. The number of hydrogen-bond donors (Lipinski definition) is 4. The standard InChI is InChI=1S/C22H23N3O3S/c26-16-7-9-25(10-8-16)13-14-1-3-15(4-2-14)23-12-20-19-11-17(29)5-6-18(19)21(27)24-22(20)28/h1-6,11-12,16,26,29H,7-10,13H2,(H2,24,27,28). The maximum Gasteiger partial charge on any atom is 0.258 e. The van der Waals surface area contributed by atoms with Gasteiger partial charge in [0, 0.05) is 41.5 Å². The molecule has 4 rings (SSSR count). The molecule has 1 fully saturated rings. The Morgan fingerprint density at radius 1 is 1.14 bits per heavy atom. The van der Waals surface area contributed by atoms with E-state index in [1.165, 1.54) is 5.56 Å². The summed E-state index contributed by atoms with van der Waals surface area (Å²) in [4.78, 5) is 22.0. The van der Waals surface area contributed by atoms with Crippen molar-refractivity contribution < 1.29 is 10.2 Å². The lowest BCUT2D eigenvalue weighted by molar-refractivity contribution is 0.0792. The number of rotatable bonds is 4. The number of H-pyrrole nitrogens is 1. The highest BCUT2D eigenvalue weighted by atomic mass is 32.1. The molecule has 0 spiro atoms. The molecule has 29 heavy (non-hydrogen) atoms. The molecule has 0 unspecified atom stereocenters. The Bertz CT molecular complexity index is 1100. The number of aromatic nitrogens is 1. The van der Waals surface area contributed by atoms with Crippen molar-refractivity contribution in [2.45, 2.75) is 30.4 Å². The fraction of sp³-hybridized carbons (Fsp3) is 0.273. The highest BCUT2D eigenvalue weighted by Crippen LogP contribution is 2.24. The van der Waals surface area contributed by atoms with Crippen LogP contribution in [0.5, 0.6) is 5.88 Å². The predicted octanol–water partition coefficient (Wildman–Crippen LogP) is 3.23. The number of nitrogens with zero attached hydrogens (tertiary/aromatic N) is 2. The number of piperidine rings is 1. The van der Waals surface area contributed by atoms with Crippen molar-refractivity contribution in [2.75, 3.05) is 13.1 Å². The van der Waals surface area contributed by atoms with Crippen LogP contribution < -0.4 is 5.56 Å². The number of aliphatic hydroxyl groups is 1. The van der Waals surface area contributed by atoms with Crippen molar-refractivity contribution in [3.8, 4) is 5.88 Å². The lowest BCUT2D eigenvalue weighted by Crippen LogP contribution is -2.35. The Hall–Kier alpha value is -2.61. The Kier molecular flexibility index (Phi) is 5.71. The van der Waals surface area contributed by atoms with Crippen molar-refractivity contribution in [1.29, 1.82) is 0 Å². The zero-order valence-electron chi connectivity index (χ0n) is 15.9. The fourth-order valence-corrected chi connectivity index (χ4v) is 3.82. The molecule has 2 aromatic carbocycles. The monoisotopic (exact) mass is 409 g/mol. The van der Waals surface area contributed by atoms with Gasteiger partial charge in [-0.1, -0.05) is 12.1 Å². The normalized spacial score (nSPS) is 16.1. The third kappa shape index (κ3) is 4.53. The van der Waals surface area contributed by atoms with Gasteiger partial charge in [0.25, 0.3) is 5.56 Å². The predicted molar refractivity (Wildman–Crippen MR) is 118 cm³/mol. The molecular formula is C22H23N3O3S. The van der Waals surface area contributed by atoms with Crippen LogP contribution in [0.1, 0.15) is 24.0 Å². The van der Waals surface area contributed by atoms with Crippen LogP contribution in [0.25, 0.3) is 10.8 Å². The van der Waals surface area contributed by atoms with Crippen molar-refractivity contribution in [1.82, 2.24) is 9.88 Å². The quantitative estimate of drug-likeness (QED) is 0.393. The van der Waals surface area contributed by atoms with E-state index in [9.17, 15) is 15.0 Å². The van der Waals surface area contributed by atoms with Crippen LogP contribution in [0.4, 0.5) is 5.69 Å². The number of hydrogen-bond acceptors (Lipinski definition) is 6. The molecule has 3 N–H and O–H groups in total. The second-order valence-corrected chi connectivity index (χ2v) is 7.89. The maximum atomic E-state index is 12.1. The minimum absolute atomic E-state index is 0.165. The van der Waals surface area contributed by atoms with E-state index in [-0.39, 0.29) is 17.5 Å². The van der Waals surface area contributed by atoms with Gasteiger partial charge in [0.1, 0.15) is 0 Å². The number of aliphatic hydroxyl groups excluding tert-OH is 1. The summed E-state index contributed by atoms with van der Waals surface area (Å²) in [6.45, 7) is 2.67. The minimum Gasteiger partial charge on any atom is -0.494 e. The van der Waals surface area contributed by atoms with Crippen LogP contribution in [-0.2, 0) is 6.54 Å². The smallest absolute Gasteiger partial charge is 0.258 e. The van der Waals surface area contributed by atoms with Gasteiger partial charge in [-0.05, 0) is 48.7 Å². The number of nitrogens with one attached hydrogen (secondary N) is 1. The Morgan fingerprint density at radius 3 is 2.59 bits per heavy atom. The zero-order valence-corrected chi connectivity index (χ0v) is 16.8. The first kappa shape index (κ1) is 19.7. The summed E-state index contributed by atoms with van der Waals surface area (Å²) >= 11 is 4.33. The van der Waals surface area contributed by atoms with Gasteiger partial charge in [0.15, 0.2) is 0 Å². The van der Waals surface area contributed by atoms with Crippen LogP contribution in [0.2, 0.25) is 0 Å². The number of pyridine rings is 1. The second-order valence-electron chi connectivity index (χ2n) is 7.38. The molecule has 3 aromatic rings. The van der Waals surface area contributed by atoms with Crippen LogP contribution in [-0.4, -0.2) is 45.5 Å². The van der Waals surface area contributed by atoms with Gasteiger partial charge in [-0.3, -0.25) is 19.7 Å². The average Bonchev–Trinajstić information content (AvgIpc) is 2.70. The molecule has 0 radical (unpaired) electrons. The van der Waals surface area contributed by atoms with E-state index in [2.05, 4.69) is 27.5 Å². The summed E-state index contributed by atoms with van der Waals surface area (Å²) in [6.07, 6.45) is 3.05. The van der Waals surface area contributed by atoms with E-state index in [4.69, 9.17) is 0 Å². The average molecular weight is 410 g/mol. The van der Waals surface area contributed by atoms with Gasteiger partial charge in [-0.2, -0.15) is 0 Å². The van der Waals surface area contributed by atoms with E-state index >= 15 is 0 Å². The molecule has 0 bridgehead atoms. The Morgan fingerprint density at radius 2 is 1.86 bits per heavy atom. The van der Waals surface area contributed by atoms with Crippen molar-refractivity contribution in [2.24, 2.45) is 4.99 Å². The summed E-state index contributed by atoms with van der Waals surface area (Å²) in [5.74, 6) is -0.214. The fourth-order valence-electron chi connectivity index (χ4n) is 3.62. The zero-order chi connectivity index (χ0) is 20.4. The summed E-state index contributed by atoms with van der Waals surface area (Å²) in [6, 6.07) is 13.1. The first-order valence-corrected chi connectivity index (χ1v) is 10.1. The Balaban J connectivity index is 1.54. The number of thiol groups is 1.